The van der Waals surface area contributed by atoms with E-state index in [-0.39, 0.29) is 17.9 Å². The molecule has 4 heterocycles. The summed E-state index contributed by atoms with van der Waals surface area (Å²) in [6.07, 6.45) is 1.89. The Balaban J connectivity index is 1.37. The zero-order chi connectivity index (χ0) is 33.2. The third-order valence-electron chi connectivity index (χ3n) is 7.85. The highest BCUT2D eigenvalue weighted by Gasteiger charge is 2.28. The van der Waals surface area contributed by atoms with Gasteiger partial charge in [-0.2, -0.15) is 0 Å². The van der Waals surface area contributed by atoms with Gasteiger partial charge in [0.15, 0.2) is 11.6 Å². The number of fused-ring (bicyclic) bond motifs is 1. The highest BCUT2D eigenvalue weighted by Crippen LogP contribution is 2.35. The van der Waals surface area contributed by atoms with E-state index < -0.39 is 17.0 Å². The molecule has 0 unspecified atom stereocenters. The molecule has 11 nitrogen and oxygen atoms in total. The molecule has 2 aromatic heterocycles. The highest BCUT2D eigenvalue weighted by atomic mass is 19.1. The van der Waals surface area contributed by atoms with Crippen molar-refractivity contribution in [3.63, 3.8) is 0 Å². The number of carbonyl (C=O) groups excluding carboxylic acids is 2. The maximum atomic E-state index is 15.0. The van der Waals surface area contributed by atoms with E-state index >= 15 is 0 Å². The molecule has 0 atom stereocenters. The third-order valence-corrected chi connectivity index (χ3v) is 7.85. The molecule has 0 saturated carbocycles. The molecular weight excluding hydrogens is 591 g/mol. The Kier molecular flexibility index (Phi) is 9.46. The molecule has 2 aliphatic heterocycles. The van der Waals surface area contributed by atoms with Crippen LogP contribution in [0.2, 0.25) is 0 Å². The van der Waals surface area contributed by atoms with Gasteiger partial charge in [-0.15, -0.1) is 0 Å². The first-order valence-electron chi connectivity index (χ1n) is 15.8. The molecule has 1 aromatic carbocycles. The van der Waals surface area contributed by atoms with Crippen LogP contribution in [0.3, 0.4) is 0 Å². The van der Waals surface area contributed by atoms with E-state index in [9.17, 15) is 14.0 Å². The number of piperazine rings is 1. The molecule has 2 aliphatic rings. The maximum absolute atomic E-state index is 15.0. The van der Waals surface area contributed by atoms with Crippen LogP contribution < -0.4 is 14.5 Å². The van der Waals surface area contributed by atoms with Gasteiger partial charge in [-0.05, 0) is 72.2 Å². The van der Waals surface area contributed by atoms with Crippen LogP contribution in [0, 0.1) is 5.82 Å². The lowest BCUT2D eigenvalue weighted by atomic mass is 10.1. The van der Waals surface area contributed by atoms with Crippen molar-refractivity contribution in [2.45, 2.75) is 59.2 Å². The van der Waals surface area contributed by atoms with Gasteiger partial charge in [-0.1, -0.05) is 0 Å². The lowest BCUT2D eigenvalue weighted by molar-refractivity contribution is 0.0236. The van der Waals surface area contributed by atoms with E-state index in [4.69, 9.17) is 24.2 Å². The second-order valence-corrected chi connectivity index (χ2v) is 13.7. The molecule has 5 rings (SSSR count). The van der Waals surface area contributed by atoms with E-state index in [0.29, 0.717) is 69.0 Å². The molecule has 248 valence electrons. The number of hydrogen-bond acceptors (Lipinski definition) is 9. The molecule has 12 heteroatoms. The summed E-state index contributed by atoms with van der Waals surface area (Å²) >= 11 is 0. The smallest absolute Gasteiger partial charge is 0.410 e. The number of carbonyl (C=O) groups is 2. The van der Waals surface area contributed by atoms with Crippen LogP contribution in [0.5, 0.6) is 5.75 Å². The number of rotatable bonds is 4. The van der Waals surface area contributed by atoms with Crippen LogP contribution in [-0.2, 0) is 9.47 Å². The first-order valence-corrected chi connectivity index (χ1v) is 15.8. The lowest BCUT2D eigenvalue weighted by Crippen LogP contribution is -2.50. The fourth-order valence-electron chi connectivity index (χ4n) is 5.61. The molecule has 2 amide bonds. The van der Waals surface area contributed by atoms with E-state index in [0.717, 1.165) is 23.5 Å². The number of halogens is 1. The number of benzene rings is 1. The first-order chi connectivity index (χ1) is 21.7. The normalized spacial score (nSPS) is 16.3. The number of aromatic nitrogens is 2. The van der Waals surface area contributed by atoms with Gasteiger partial charge in [0.2, 0.25) is 0 Å². The van der Waals surface area contributed by atoms with Crippen LogP contribution in [0.1, 0.15) is 48.0 Å². The Morgan fingerprint density at radius 3 is 1.96 bits per heavy atom. The van der Waals surface area contributed by atoms with Crippen molar-refractivity contribution >= 4 is 34.6 Å². The van der Waals surface area contributed by atoms with Crippen molar-refractivity contribution in [2.75, 3.05) is 69.3 Å². The molecule has 0 spiro atoms. The summed E-state index contributed by atoms with van der Waals surface area (Å²) in [5, 5.41) is 0.667. The van der Waals surface area contributed by atoms with E-state index in [2.05, 4.69) is 9.80 Å². The number of hydrogen-bond donors (Lipinski definition) is 0. The second kappa shape index (κ2) is 13.2. The van der Waals surface area contributed by atoms with E-state index in [1.165, 1.54) is 13.2 Å². The number of methoxy groups -OCH3 is 1. The standard InChI is InChI=1S/C34H45FN6O5/c1-33(2,3)45-31(42)40-12-8-11-38(13-16-40)28-20-26(37-27-21-29(44-7)25(35)19-24(27)28)23-9-10-30(36-22-23)39-14-17-41(18-15-39)32(43)46-34(4,5)6/h9-10,19-22H,8,11-18H2,1-7H3. The Morgan fingerprint density at radius 1 is 0.783 bits per heavy atom. The van der Waals surface area contributed by atoms with Gasteiger partial charge < -0.3 is 33.8 Å². The molecule has 0 bridgehead atoms. The zero-order valence-electron chi connectivity index (χ0n) is 27.9. The maximum Gasteiger partial charge on any atom is 0.410 e. The number of nitrogens with zero attached hydrogens (tertiary/aromatic N) is 6. The topological polar surface area (TPSA) is 101 Å². The fraction of sp³-hybridized carbons (Fsp3) is 0.529. The van der Waals surface area contributed by atoms with Crippen molar-refractivity contribution in [1.82, 2.24) is 19.8 Å². The van der Waals surface area contributed by atoms with Crippen LogP contribution in [0.25, 0.3) is 22.2 Å². The number of ether oxygens (including phenoxy) is 3. The van der Waals surface area contributed by atoms with Crippen molar-refractivity contribution in [3.8, 4) is 17.0 Å². The summed E-state index contributed by atoms with van der Waals surface area (Å²) in [7, 11) is 1.44. The molecule has 0 aliphatic carbocycles. The highest BCUT2D eigenvalue weighted by molar-refractivity contribution is 5.95. The van der Waals surface area contributed by atoms with Crippen LogP contribution >= 0.6 is 0 Å². The molecule has 0 N–H and O–H groups in total. The predicted octanol–water partition coefficient (Wildman–Crippen LogP) is 5.95. The van der Waals surface area contributed by atoms with E-state index in [1.807, 2.05) is 59.7 Å². The average Bonchev–Trinajstić information content (AvgIpc) is 3.25. The van der Waals surface area contributed by atoms with Gasteiger partial charge in [-0.25, -0.2) is 23.9 Å². The molecule has 46 heavy (non-hydrogen) atoms. The monoisotopic (exact) mass is 636 g/mol. The van der Waals surface area contributed by atoms with Gasteiger partial charge in [0.1, 0.15) is 17.0 Å². The van der Waals surface area contributed by atoms with Gasteiger partial charge in [0, 0.05) is 81.3 Å². The zero-order valence-corrected chi connectivity index (χ0v) is 27.9. The van der Waals surface area contributed by atoms with Crippen LogP contribution in [0.15, 0.2) is 36.5 Å². The molecule has 2 fully saturated rings. The van der Waals surface area contributed by atoms with Crippen LogP contribution in [0.4, 0.5) is 25.5 Å². The quantitative estimate of drug-likeness (QED) is 0.344. The Labute approximate surface area is 270 Å². The van der Waals surface area contributed by atoms with Gasteiger partial charge in [-0.3, -0.25) is 0 Å². The largest absolute Gasteiger partial charge is 0.494 e. The third kappa shape index (κ3) is 7.89. The Morgan fingerprint density at radius 2 is 1.39 bits per heavy atom. The van der Waals surface area contributed by atoms with E-state index in [1.54, 1.807) is 22.1 Å². The van der Waals surface area contributed by atoms with Crippen molar-refractivity contribution in [3.05, 3.63) is 42.3 Å². The summed E-state index contributed by atoms with van der Waals surface area (Å²) in [6, 6.07) is 8.99. The fourth-order valence-corrected chi connectivity index (χ4v) is 5.61. The average molecular weight is 637 g/mol. The Bertz CT molecular complexity index is 1560. The van der Waals surface area contributed by atoms with Crippen LogP contribution in [-0.4, -0.2) is 103 Å². The number of pyridine rings is 2. The molecular formula is C34H45FN6O5. The van der Waals surface area contributed by atoms with Crippen molar-refractivity contribution in [1.29, 1.82) is 0 Å². The summed E-state index contributed by atoms with van der Waals surface area (Å²) in [6.45, 7) is 15.8. The Hall–Kier alpha value is -4.35. The minimum absolute atomic E-state index is 0.120. The summed E-state index contributed by atoms with van der Waals surface area (Å²) < 4.78 is 31.4. The molecule has 0 radical (unpaired) electrons. The van der Waals surface area contributed by atoms with Gasteiger partial charge >= 0.3 is 12.2 Å². The first kappa shape index (κ1) is 33.0. The summed E-state index contributed by atoms with van der Waals surface area (Å²) in [5.41, 5.74) is 1.82. The minimum Gasteiger partial charge on any atom is -0.494 e. The SMILES string of the molecule is COc1cc2nc(-c3ccc(N4CCN(C(=O)OC(C)(C)C)CC4)nc3)cc(N3CCCN(C(=O)OC(C)(C)C)CC3)c2cc1F. The predicted molar refractivity (Wildman–Crippen MR) is 176 cm³/mol. The van der Waals surface area contributed by atoms with Crippen molar-refractivity contribution < 1.29 is 28.2 Å². The number of amides is 2. The van der Waals surface area contributed by atoms with Gasteiger partial charge in [0.05, 0.1) is 18.3 Å². The number of anilines is 2. The molecule has 2 saturated heterocycles. The summed E-state index contributed by atoms with van der Waals surface area (Å²) in [4.78, 5) is 42.7. The van der Waals surface area contributed by atoms with Gasteiger partial charge in [0.25, 0.3) is 0 Å². The molecule has 3 aromatic rings. The second-order valence-electron chi connectivity index (χ2n) is 13.7. The minimum atomic E-state index is -0.576. The lowest BCUT2D eigenvalue weighted by Gasteiger charge is -2.36. The summed E-state index contributed by atoms with van der Waals surface area (Å²) in [5.74, 6) is 0.468. The van der Waals surface area contributed by atoms with Crippen molar-refractivity contribution in [2.24, 2.45) is 0 Å².